The Hall–Kier alpha value is -9.70. The van der Waals surface area contributed by atoms with E-state index in [0.717, 1.165) is 66.8 Å². The second-order valence-corrected chi connectivity index (χ2v) is 19.5. The van der Waals surface area contributed by atoms with Crippen LogP contribution in [0, 0.1) is 0 Å². The molecule has 0 N–H and O–H groups in total. The molecule has 3 nitrogen and oxygen atoms in total. The van der Waals surface area contributed by atoms with Crippen molar-refractivity contribution in [2.45, 2.75) is 5.41 Å². The van der Waals surface area contributed by atoms with Gasteiger partial charge in [0.25, 0.3) is 0 Å². The van der Waals surface area contributed by atoms with E-state index in [1.165, 1.54) is 66.1 Å². The molecule has 3 heteroatoms. The quantitative estimate of drug-likeness (QED) is 0.151. The number of para-hydroxylation sites is 3. The Morgan fingerprint density at radius 3 is 1.65 bits per heavy atom. The number of hydrogen-bond acceptors (Lipinski definition) is 2. The standard InChI is InChI=1S/C71H46N2O/c1-4-19-51(20-5-1)71(52-21-6-2-7-22-52)63-30-14-12-27-61(63)68-64(71)31-17-33-67(68)72(55-42-36-49(37-43-55)57-28-16-29-59-60-44-38-48-18-10-11-25-56(48)70(60)74-69(57)59)54-40-34-47(35-41-54)50-39-45-66-62(46-50)58-26-13-15-32-65(58)73(66)53-23-8-3-9-24-53/h1-46H. The molecule has 1 aliphatic rings. The molecule has 0 saturated carbocycles. The van der Waals surface area contributed by atoms with Crippen molar-refractivity contribution in [1.82, 2.24) is 4.57 Å². The van der Waals surface area contributed by atoms with Crippen LogP contribution in [0.2, 0.25) is 0 Å². The topological polar surface area (TPSA) is 21.3 Å². The van der Waals surface area contributed by atoms with E-state index in [-0.39, 0.29) is 0 Å². The molecule has 15 rings (SSSR count). The first-order valence-corrected chi connectivity index (χ1v) is 25.5. The summed E-state index contributed by atoms with van der Waals surface area (Å²) in [6, 6.07) is 102. The molecule has 0 bridgehead atoms. The lowest BCUT2D eigenvalue weighted by atomic mass is 9.68. The van der Waals surface area contributed by atoms with E-state index >= 15 is 0 Å². The first-order chi connectivity index (χ1) is 36.7. The molecule has 0 unspecified atom stereocenters. The highest BCUT2D eigenvalue weighted by molar-refractivity contribution is 6.17. The summed E-state index contributed by atoms with van der Waals surface area (Å²) in [6.45, 7) is 0. The van der Waals surface area contributed by atoms with E-state index in [4.69, 9.17) is 4.42 Å². The summed E-state index contributed by atoms with van der Waals surface area (Å²) < 4.78 is 9.22. The Morgan fingerprint density at radius 1 is 0.338 bits per heavy atom. The zero-order chi connectivity index (χ0) is 48.7. The summed E-state index contributed by atoms with van der Waals surface area (Å²) >= 11 is 0. The largest absolute Gasteiger partial charge is 0.455 e. The van der Waals surface area contributed by atoms with Crippen molar-refractivity contribution in [1.29, 1.82) is 0 Å². The van der Waals surface area contributed by atoms with Gasteiger partial charge in [-0.3, -0.25) is 0 Å². The zero-order valence-corrected chi connectivity index (χ0v) is 40.4. The van der Waals surface area contributed by atoms with Gasteiger partial charge in [0.05, 0.1) is 22.1 Å². The van der Waals surface area contributed by atoms with Gasteiger partial charge in [0, 0.05) is 55.1 Å². The second kappa shape index (κ2) is 16.7. The molecule has 0 spiro atoms. The van der Waals surface area contributed by atoms with Crippen LogP contribution in [0.15, 0.2) is 283 Å². The molecule has 2 heterocycles. The highest BCUT2D eigenvalue weighted by atomic mass is 16.3. The average Bonchev–Trinajstić information content (AvgIpc) is 4.19. The fourth-order valence-corrected chi connectivity index (χ4v) is 12.4. The van der Waals surface area contributed by atoms with Crippen molar-refractivity contribution in [3.63, 3.8) is 0 Å². The van der Waals surface area contributed by atoms with Gasteiger partial charge in [-0.05, 0) is 117 Å². The van der Waals surface area contributed by atoms with Crippen molar-refractivity contribution in [2.24, 2.45) is 0 Å². The molecular weight excluding hydrogens is 897 g/mol. The number of furan rings is 1. The molecule has 2 aromatic heterocycles. The maximum Gasteiger partial charge on any atom is 0.143 e. The van der Waals surface area contributed by atoms with Crippen LogP contribution in [-0.4, -0.2) is 4.57 Å². The Labute approximate surface area is 429 Å². The molecule has 0 amide bonds. The summed E-state index contributed by atoms with van der Waals surface area (Å²) in [5.41, 5.74) is 20.1. The summed E-state index contributed by atoms with van der Waals surface area (Å²) in [7, 11) is 0. The fourth-order valence-electron chi connectivity index (χ4n) is 12.4. The molecule has 0 atom stereocenters. The van der Waals surface area contributed by atoms with E-state index < -0.39 is 5.41 Å². The third-order valence-corrected chi connectivity index (χ3v) is 15.7. The molecule has 0 aliphatic heterocycles. The van der Waals surface area contributed by atoms with Crippen LogP contribution in [0.4, 0.5) is 17.1 Å². The highest BCUT2D eigenvalue weighted by Crippen LogP contribution is 2.59. The van der Waals surface area contributed by atoms with E-state index in [9.17, 15) is 0 Å². The third-order valence-electron chi connectivity index (χ3n) is 15.7. The van der Waals surface area contributed by atoms with Crippen LogP contribution in [0.25, 0.3) is 93.6 Å². The van der Waals surface area contributed by atoms with Gasteiger partial charge < -0.3 is 13.9 Å². The predicted molar refractivity (Wildman–Crippen MR) is 308 cm³/mol. The summed E-state index contributed by atoms with van der Waals surface area (Å²) in [5.74, 6) is 0. The van der Waals surface area contributed by atoms with Crippen LogP contribution >= 0.6 is 0 Å². The minimum atomic E-state index is -0.539. The molecule has 346 valence electrons. The van der Waals surface area contributed by atoms with Gasteiger partial charge in [0.15, 0.2) is 0 Å². The van der Waals surface area contributed by atoms with Crippen LogP contribution in [-0.2, 0) is 5.41 Å². The molecule has 74 heavy (non-hydrogen) atoms. The number of benzene rings is 12. The second-order valence-electron chi connectivity index (χ2n) is 19.5. The number of aromatic nitrogens is 1. The van der Waals surface area contributed by atoms with Crippen molar-refractivity contribution in [3.8, 4) is 39.1 Å². The van der Waals surface area contributed by atoms with Crippen molar-refractivity contribution in [3.05, 3.63) is 301 Å². The number of rotatable bonds is 8. The zero-order valence-electron chi connectivity index (χ0n) is 40.4. The van der Waals surface area contributed by atoms with E-state index in [1.807, 2.05) is 0 Å². The van der Waals surface area contributed by atoms with Gasteiger partial charge in [0.1, 0.15) is 11.2 Å². The SMILES string of the molecule is c1ccc(-n2c3ccccc3c3cc(-c4ccc(N(c5ccc(-c6cccc7c6oc6c8ccccc8ccc76)cc5)c5cccc6c5-c5ccccc5C6(c5ccccc5)c5ccccc5)cc4)ccc32)cc1. The molecule has 0 saturated heterocycles. The molecule has 1 aliphatic carbocycles. The van der Waals surface area contributed by atoms with Gasteiger partial charge in [-0.1, -0.05) is 212 Å². The molecular formula is C71H46N2O. The van der Waals surface area contributed by atoms with Crippen molar-refractivity contribution < 1.29 is 4.42 Å². The van der Waals surface area contributed by atoms with E-state index in [0.29, 0.717) is 0 Å². The normalized spacial score (nSPS) is 12.7. The van der Waals surface area contributed by atoms with Crippen molar-refractivity contribution in [2.75, 3.05) is 4.90 Å². The monoisotopic (exact) mass is 942 g/mol. The Morgan fingerprint density at radius 2 is 0.892 bits per heavy atom. The van der Waals surface area contributed by atoms with E-state index in [1.54, 1.807) is 0 Å². The first kappa shape index (κ1) is 42.0. The number of nitrogens with zero attached hydrogens (tertiary/aromatic N) is 2. The Bertz CT molecular complexity index is 4420. The average molecular weight is 943 g/mol. The summed E-state index contributed by atoms with van der Waals surface area (Å²) in [6.07, 6.45) is 0. The number of hydrogen-bond donors (Lipinski definition) is 0. The Balaban J connectivity index is 0.908. The van der Waals surface area contributed by atoms with E-state index in [2.05, 4.69) is 289 Å². The number of anilines is 3. The molecule has 0 radical (unpaired) electrons. The van der Waals surface area contributed by atoms with Crippen LogP contribution in [0.5, 0.6) is 0 Å². The number of fused-ring (bicyclic) bond motifs is 11. The van der Waals surface area contributed by atoms with Crippen LogP contribution in [0.1, 0.15) is 22.3 Å². The molecule has 14 aromatic rings. The lowest BCUT2D eigenvalue weighted by Gasteiger charge is -2.34. The summed E-state index contributed by atoms with van der Waals surface area (Å²) in [5, 5.41) is 7.02. The minimum Gasteiger partial charge on any atom is -0.455 e. The fraction of sp³-hybridized carbons (Fsp3) is 0.0141. The predicted octanol–water partition coefficient (Wildman–Crippen LogP) is 19.0. The lowest BCUT2D eigenvalue weighted by Crippen LogP contribution is -2.28. The third kappa shape index (κ3) is 6.27. The van der Waals surface area contributed by atoms with Gasteiger partial charge in [0.2, 0.25) is 0 Å². The van der Waals surface area contributed by atoms with Crippen molar-refractivity contribution >= 4 is 71.6 Å². The minimum absolute atomic E-state index is 0.539. The lowest BCUT2D eigenvalue weighted by molar-refractivity contribution is 0.674. The highest BCUT2D eigenvalue weighted by Gasteiger charge is 2.47. The summed E-state index contributed by atoms with van der Waals surface area (Å²) in [4.78, 5) is 2.46. The van der Waals surface area contributed by atoms with Gasteiger partial charge in [-0.15, -0.1) is 0 Å². The van der Waals surface area contributed by atoms with Crippen LogP contribution in [0.3, 0.4) is 0 Å². The first-order valence-electron chi connectivity index (χ1n) is 25.5. The maximum absolute atomic E-state index is 6.85. The van der Waals surface area contributed by atoms with Gasteiger partial charge in [-0.25, -0.2) is 0 Å². The molecule has 12 aromatic carbocycles. The van der Waals surface area contributed by atoms with Crippen LogP contribution < -0.4 is 4.90 Å². The Kier molecular flexibility index (Phi) is 9.48. The molecule has 0 fully saturated rings. The van der Waals surface area contributed by atoms with Gasteiger partial charge in [-0.2, -0.15) is 0 Å². The smallest absolute Gasteiger partial charge is 0.143 e. The van der Waals surface area contributed by atoms with Gasteiger partial charge >= 0.3 is 0 Å². The maximum atomic E-state index is 6.85.